The van der Waals surface area contributed by atoms with Crippen LogP contribution in [-0.2, 0) is 11.3 Å². The van der Waals surface area contributed by atoms with Gasteiger partial charge in [-0.15, -0.1) is 0 Å². The third kappa shape index (κ3) is 3.52. The Bertz CT molecular complexity index is 1300. The summed E-state index contributed by atoms with van der Waals surface area (Å²) in [6.45, 7) is 9.84. The van der Waals surface area contributed by atoms with Gasteiger partial charge in [-0.3, -0.25) is 14.4 Å². The number of rotatable bonds is 5. The Morgan fingerprint density at radius 3 is 2.25 bits per heavy atom. The first-order chi connectivity index (χ1) is 15.3. The molecule has 0 saturated carbocycles. The van der Waals surface area contributed by atoms with Crippen LogP contribution in [0.15, 0.2) is 61.2 Å². The van der Waals surface area contributed by atoms with E-state index in [2.05, 4.69) is 17.2 Å². The quantitative estimate of drug-likeness (QED) is 0.445. The van der Waals surface area contributed by atoms with Gasteiger partial charge in [0.25, 0.3) is 0 Å². The van der Waals surface area contributed by atoms with Crippen molar-refractivity contribution in [2.75, 3.05) is 5.32 Å². The molecule has 1 aliphatic carbocycles. The fourth-order valence-corrected chi connectivity index (χ4v) is 4.32. The zero-order chi connectivity index (χ0) is 23.0. The first kappa shape index (κ1) is 21.2. The van der Waals surface area contributed by atoms with E-state index >= 15 is 0 Å². The van der Waals surface area contributed by atoms with Crippen molar-refractivity contribution in [2.24, 2.45) is 0 Å². The highest BCUT2D eigenvalue weighted by Crippen LogP contribution is 2.36. The molecule has 160 valence electrons. The highest BCUT2D eigenvalue weighted by atomic mass is 16.1. The van der Waals surface area contributed by atoms with Crippen LogP contribution in [-0.4, -0.2) is 17.5 Å². The van der Waals surface area contributed by atoms with E-state index in [1.807, 2.05) is 32.9 Å². The van der Waals surface area contributed by atoms with Crippen molar-refractivity contribution in [3.05, 3.63) is 106 Å². The summed E-state index contributed by atoms with van der Waals surface area (Å²) in [5.74, 6) is -0.554. The maximum Gasteiger partial charge on any atom is 0.243 e. The number of carbonyl (C=O) groups excluding carboxylic acids is 3. The standard InChI is InChI=1S/C27H24N2O3/c1-5-23(30)28-14-21-15(2)13-16(3)25(17(21)4)29-22-12-8-11-20-24(22)27(32)19-10-7-6-9-18(19)26(20)31/h5-13,29H,1,14H2,2-4H3,(H,28,30). The van der Waals surface area contributed by atoms with Gasteiger partial charge < -0.3 is 10.6 Å². The Hall–Kier alpha value is -3.99. The zero-order valence-corrected chi connectivity index (χ0v) is 18.3. The molecule has 0 bridgehead atoms. The minimum absolute atomic E-state index is 0.149. The van der Waals surface area contributed by atoms with Crippen molar-refractivity contribution in [2.45, 2.75) is 27.3 Å². The minimum atomic E-state index is -0.237. The number of hydrogen-bond donors (Lipinski definition) is 2. The smallest absolute Gasteiger partial charge is 0.243 e. The lowest BCUT2D eigenvalue weighted by atomic mass is 9.83. The van der Waals surface area contributed by atoms with Gasteiger partial charge in [0, 0.05) is 28.9 Å². The second-order valence-electron chi connectivity index (χ2n) is 7.97. The number of nitrogens with one attached hydrogen (secondary N) is 2. The SMILES string of the molecule is C=CC(=O)NCc1c(C)cc(C)c(Nc2cccc3c2C(=O)c2ccccc2C3=O)c1C. The number of hydrogen-bond acceptors (Lipinski definition) is 4. The number of anilines is 2. The molecule has 0 aliphatic heterocycles. The van der Waals surface area contributed by atoms with Crippen molar-refractivity contribution in [3.8, 4) is 0 Å². The van der Waals surface area contributed by atoms with Crippen LogP contribution in [0.5, 0.6) is 0 Å². The van der Waals surface area contributed by atoms with Crippen LogP contribution < -0.4 is 10.6 Å². The summed E-state index contributed by atoms with van der Waals surface area (Å²) < 4.78 is 0. The van der Waals surface area contributed by atoms with E-state index in [-0.39, 0.29) is 17.5 Å². The van der Waals surface area contributed by atoms with Crippen molar-refractivity contribution in [1.29, 1.82) is 0 Å². The van der Waals surface area contributed by atoms with Crippen LogP contribution in [0.25, 0.3) is 0 Å². The fourth-order valence-electron chi connectivity index (χ4n) is 4.32. The van der Waals surface area contributed by atoms with Crippen molar-refractivity contribution in [1.82, 2.24) is 5.32 Å². The molecule has 32 heavy (non-hydrogen) atoms. The molecule has 3 aromatic rings. The Labute approximate surface area is 187 Å². The van der Waals surface area contributed by atoms with Gasteiger partial charge in [0.1, 0.15) is 0 Å². The van der Waals surface area contributed by atoms with Gasteiger partial charge in [0.05, 0.1) is 11.3 Å². The van der Waals surface area contributed by atoms with Gasteiger partial charge in [-0.1, -0.05) is 49.0 Å². The lowest BCUT2D eigenvalue weighted by Crippen LogP contribution is -2.22. The molecule has 0 saturated heterocycles. The highest BCUT2D eigenvalue weighted by Gasteiger charge is 2.31. The van der Waals surface area contributed by atoms with E-state index in [9.17, 15) is 14.4 Å². The van der Waals surface area contributed by atoms with E-state index in [1.165, 1.54) is 6.08 Å². The first-order valence-corrected chi connectivity index (χ1v) is 10.4. The number of fused-ring (bicyclic) bond motifs is 2. The number of aryl methyl sites for hydroxylation is 2. The molecule has 0 heterocycles. The Morgan fingerprint density at radius 2 is 1.56 bits per heavy atom. The molecule has 0 radical (unpaired) electrons. The van der Waals surface area contributed by atoms with E-state index < -0.39 is 0 Å². The maximum atomic E-state index is 13.3. The van der Waals surface area contributed by atoms with Crippen LogP contribution in [0.1, 0.15) is 54.1 Å². The molecule has 0 atom stereocenters. The lowest BCUT2D eigenvalue weighted by molar-refractivity contribution is -0.116. The molecule has 0 spiro atoms. The van der Waals surface area contributed by atoms with Crippen LogP contribution in [0, 0.1) is 20.8 Å². The van der Waals surface area contributed by atoms with Gasteiger partial charge in [-0.25, -0.2) is 0 Å². The predicted octanol–water partition coefficient (Wildman–Crippen LogP) is 4.93. The van der Waals surface area contributed by atoms with E-state index in [0.717, 1.165) is 27.9 Å². The molecule has 1 amide bonds. The summed E-state index contributed by atoms with van der Waals surface area (Å²) in [6.07, 6.45) is 1.24. The second kappa shape index (κ2) is 8.27. The molecule has 4 rings (SSSR count). The fraction of sp³-hybridized carbons (Fsp3) is 0.148. The van der Waals surface area contributed by atoms with Gasteiger partial charge in [0.15, 0.2) is 11.6 Å². The molecular formula is C27H24N2O3. The summed E-state index contributed by atoms with van der Waals surface area (Å²) in [5.41, 5.74) is 7.12. The number of carbonyl (C=O) groups is 3. The van der Waals surface area contributed by atoms with Gasteiger partial charge >= 0.3 is 0 Å². The molecule has 5 nitrogen and oxygen atoms in total. The average Bonchev–Trinajstić information content (AvgIpc) is 2.79. The molecule has 0 aromatic heterocycles. The molecule has 2 N–H and O–H groups in total. The molecular weight excluding hydrogens is 400 g/mol. The van der Waals surface area contributed by atoms with Crippen LogP contribution in [0.3, 0.4) is 0 Å². The van der Waals surface area contributed by atoms with Gasteiger partial charge in [-0.2, -0.15) is 0 Å². The van der Waals surface area contributed by atoms with Crippen molar-refractivity contribution >= 4 is 28.8 Å². The van der Waals surface area contributed by atoms with Crippen LogP contribution in [0.4, 0.5) is 11.4 Å². The molecule has 1 aliphatic rings. The normalized spacial score (nSPS) is 12.1. The molecule has 0 unspecified atom stereocenters. The number of benzene rings is 3. The zero-order valence-electron chi connectivity index (χ0n) is 18.3. The topological polar surface area (TPSA) is 75.3 Å². The summed E-state index contributed by atoms with van der Waals surface area (Å²) in [5, 5.41) is 6.24. The monoisotopic (exact) mass is 424 g/mol. The largest absolute Gasteiger partial charge is 0.354 e. The third-order valence-corrected chi connectivity index (χ3v) is 5.97. The van der Waals surface area contributed by atoms with Crippen LogP contribution >= 0.6 is 0 Å². The maximum absolute atomic E-state index is 13.3. The minimum Gasteiger partial charge on any atom is -0.354 e. The van der Waals surface area contributed by atoms with Gasteiger partial charge in [-0.05, 0) is 55.2 Å². The molecule has 5 heteroatoms. The first-order valence-electron chi connectivity index (χ1n) is 10.4. The third-order valence-electron chi connectivity index (χ3n) is 5.97. The number of amides is 1. The van der Waals surface area contributed by atoms with Crippen molar-refractivity contribution in [3.63, 3.8) is 0 Å². The van der Waals surface area contributed by atoms with Crippen LogP contribution in [0.2, 0.25) is 0 Å². The second-order valence-corrected chi connectivity index (χ2v) is 7.97. The highest BCUT2D eigenvalue weighted by molar-refractivity contribution is 6.30. The summed E-state index contributed by atoms with van der Waals surface area (Å²) >= 11 is 0. The Kier molecular flexibility index (Phi) is 5.49. The van der Waals surface area contributed by atoms with E-state index in [1.54, 1.807) is 36.4 Å². The number of ketones is 2. The summed E-state index contributed by atoms with van der Waals surface area (Å²) in [7, 11) is 0. The molecule has 0 fully saturated rings. The van der Waals surface area contributed by atoms with Crippen molar-refractivity contribution < 1.29 is 14.4 Å². The Morgan fingerprint density at radius 1 is 0.906 bits per heavy atom. The summed E-state index contributed by atoms with van der Waals surface area (Å²) in [6, 6.07) is 14.3. The average molecular weight is 425 g/mol. The molecule has 3 aromatic carbocycles. The van der Waals surface area contributed by atoms with Gasteiger partial charge in [0.2, 0.25) is 5.91 Å². The Balaban J connectivity index is 1.78. The lowest BCUT2D eigenvalue weighted by Gasteiger charge is -2.23. The predicted molar refractivity (Wildman–Crippen MR) is 126 cm³/mol. The van der Waals surface area contributed by atoms with E-state index in [0.29, 0.717) is 34.5 Å². The van der Waals surface area contributed by atoms with E-state index in [4.69, 9.17) is 0 Å². The summed E-state index contributed by atoms with van der Waals surface area (Å²) in [4.78, 5) is 38.0.